The lowest BCUT2D eigenvalue weighted by Gasteiger charge is -2.11. The second-order valence-corrected chi connectivity index (χ2v) is 3.12. The van der Waals surface area contributed by atoms with E-state index in [2.05, 4.69) is 20.0 Å². The van der Waals surface area contributed by atoms with Crippen molar-refractivity contribution < 1.29 is 23.5 Å². The third-order valence-corrected chi connectivity index (χ3v) is 1.93. The smallest absolute Gasteiger partial charge is 0.372 e. The van der Waals surface area contributed by atoms with Gasteiger partial charge < -0.3 is 15.2 Å². The first-order valence-corrected chi connectivity index (χ1v) is 4.70. The van der Waals surface area contributed by atoms with E-state index in [1.807, 2.05) is 0 Å². The molecule has 0 aliphatic heterocycles. The largest absolute Gasteiger partial charge is 0.476 e. The van der Waals surface area contributed by atoms with Gasteiger partial charge in [-0.2, -0.15) is 4.98 Å². The minimum atomic E-state index is -2.96. The molecule has 1 rings (SSSR count). The summed E-state index contributed by atoms with van der Waals surface area (Å²) in [5.74, 6) is -0.601. The number of nitro groups is 1. The molecule has 0 bridgehead atoms. The fraction of sp³-hybridized carbons (Fsp3) is 0.500. The predicted octanol–water partition coefficient (Wildman–Crippen LogP) is 0.431. The van der Waals surface area contributed by atoms with Gasteiger partial charge in [0.25, 0.3) is 12.3 Å². The summed E-state index contributed by atoms with van der Waals surface area (Å²) in [6, 6.07) is 0. The Hall–Kier alpha value is -2.10. The second kappa shape index (κ2) is 6.00. The van der Waals surface area contributed by atoms with Crippen molar-refractivity contribution in [1.29, 1.82) is 0 Å². The van der Waals surface area contributed by atoms with Crippen LogP contribution < -0.4 is 10.1 Å². The van der Waals surface area contributed by atoms with Gasteiger partial charge in [0.05, 0.1) is 12.0 Å². The molecule has 0 radical (unpaired) electrons. The SMILES string of the molecule is COc1ncnc(NCC(O)C(F)F)c1[N+](=O)[O-]. The van der Waals surface area contributed by atoms with Gasteiger partial charge in [0, 0.05) is 6.54 Å². The molecule has 0 amide bonds. The summed E-state index contributed by atoms with van der Waals surface area (Å²) in [7, 11) is 1.17. The Labute approximate surface area is 99.8 Å². The molecule has 1 heterocycles. The van der Waals surface area contributed by atoms with Gasteiger partial charge in [-0.25, -0.2) is 13.8 Å². The number of aromatic nitrogens is 2. The number of rotatable bonds is 6. The molecule has 0 fully saturated rings. The van der Waals surface area contributed by atoms with Gasteiger partial charge in [-0.1, -0.05) is 0 Å². The van der Waals surface area contributed by atoms with E-state index in [4.69, 9.17) is 5.11 Å². The Kier molecular flexibility index (Phi) is 4.66. The zero-order valence-corrected chi connectivity index (χ0v) is 9.21. The van der Waals surface area contributed by atoms with Crippen molar-refractivity contribution in [3.05, 3.63) is 16.4 Å². The molecular weight excluding hydrogens is 254 g/mol. The van der Waals surface area contributed by atoms with E-state index in [0.29, 0.717) is 0 Å². The van der Waals surface area contributed by atoms with Crippen LogP contribution in [-0.4, -0.2) is 46.2 Å². The fourth-order valence-corrected chi connectivity index (χ4v) is 1.10. The third-order valence-electron chi connectivity index (χ3n) is 1.93. The number of aliphatic hydroxyl groups excluding tert-OH is 1. The number of nitrogens with one attached hydrogen (secondary N) is 1. The summed E-state index contributed by atoms with van der Waals surface area (Å²) >= 11 is 0. The van der Waals surface area contributed by atoms with Crippen molar-refractivity contribution in [2.24, 2.45) is 0 Å². The average molecular weight is 264 g/mol. The highest BCUT2D eigenvalue weighted by Gasteiger charge is 2.25. The standard InChI is InChI=1S/C8H10F2N4O4/c1-18-8-5(14(16)17)7(12-3-13-8)11-2-4(15)6(9)10/h3-4,6,15H,2H2,1H3,(H,11,12,13). The van der Waals surface area contributed by atoms with E-state index in [0.717, 1.165) is 6.33 Å². The topological polar surface area (TPSA) is 110 Å². The lowest BCUT2D eigenvalue weighted by Crippen LogP contribution is -2.27. The molecule has 0 aliphatic carbocycles. The van der Waals surface area contributed by atoms with Crippen LogP contribution in [0.2, 0.25) is 0 Å². The maximum absolute atomic E-state index is 12.1. The number of hydrogen-bond donors (Lipinski definition) is 2. The first-order valence-electron chi connectivity index (χ1n) is 4.70. The zero-order chi connectivity index (χ0) is 13.7. The van der Waals surface area contributed by atoms with E-state index >= 15 is 0 Å². The maximum atomic E-state index is 12.1. The molecule has 1 atom stereocenters. The van der Waals surface area contributed by atoms with Gasteiger partial charge in [-0.05, 0) is 0 Å². The summed E-state index contributed by atoms with van der Waals surface area (Å²) in [5.41, 5.74) is -0.582. The van der Waals surface area contributed by atoms with Crippen LogP contribution in [0.1, 0.15) is 0 Å². The number of alkyl halides is 2. The Morgan fingerprint density at radius 3 is 2.78 bits per heavy atom. The van der Waals surface area contributed by atoms with E-state index in [-0.39, 0.29) is 11.7 Å². The summed E-state index contributed by atoms with van der Waals surface area (Å²) in [4.78, 5) is 17.0. The summed E-state index contributed by atoms with van der Waals surface area (Å²) in [6.07, 6.45) is -3.94. The molecule has 0 spiro atoms. The number of hydrogen-bond acceptors (Lipinski definition) is 7. The molecule has 0 aliphatic rings. The van der Waals surface area contributed by atoms with Crippen molar-refractivity contribution >= 4 is 11.5 Å². The zero-order valence-electron chi connectivity index (χ0n) is 9.21. The lowest BCUT2D eigenvalue weighted by molar-refractivity contribution is -0.385. The fourth-order valence-electron chi connectivity index (χ4n) is 1.10. The van der Waals surface area contributed by atoms with Crippen LogP contribution in [0, 0.1) is 10.1 Å². The number of anilines is 1. The molecule has 2 N–H and O–H groups in total. The Morgan fingerprint density at radius 2 is 2.28 bits per heavy atom. The molecule has 0 saturated heterocycles. The van der Waals surface area contributed by atoms with Crippen molar-refractivity contribution in [3.8, 4) is 5.88 Å². The summed E-state index contributed by atoms with van der Waals surface area (Å²) < 4.78 is 28.8. The van der Waals surface area contributed by atoms with Gasteiger partial charge in [0.2, 0.25) is 5.82 Å². The summed E-state index contributed by atoms with van der Waals surface area (Å²) in [6.45, 7) is -0.585. The van der Waals surface area contributed by atoms with Crippen molar-refractivity contribution in [2.45, 2.75) is 12.5 Å². The average Bonchev–Trinajstić information content (AvgIpc) is 2.34. The molecule has 0 aromatic carbocycles. The number of nitrogens with zero attached hydrogens (tertiary/aromatic N) is 3. The van der Waals surface area contributed by atoms with Crippen LogP contribution in [0.15, 0.2) is 6.33 Å². The highest BCUT2D eigenvalue weighted by atomic mass is 19.3. The van der Waals surface area contributed by atoms with Gasteiger partial charge in [-0.15, -0.1) is 0 Å². The highest BCUT2D eigenvalue weighted by Crippen LogP contribution is 2.30. The number of halogens is 2. The van der Waals surface area contributed by atoms with Gasteiger partial charge in [-0.3, -0.25) is 10.1 Å². The van der Waals surface area contributed by atoms with E-state index in [1.54, 1.807) is 0 Å². The molecule has 100 valence electrons. The van der Waals surface area contributed by atoms with Crippen LogP contribution in [0.25, 0.3) is 0 Å². The van der Waals surface area contributed by atoms with Crippen molar-refractivity contribution in [1.82, 2.24) is 9.97 Å². The van der Waals surface area contributed by atoms with Gasteiger partial charge in [0.1, 0.15) is 12.4 Å². The molecular formula is C8H10F2N4O4. The second-order valence-electron chi connectivity index (χ2n) is 3.12. The highest BCUT2D eigenvalue weighted by molar-refractivity contribution is 5.61. The Morgan fingerprint density at radius 1 is 1.61 bits per heavy atom. The monoisotopic (exact) mass is 264 g/mol. The quantitative estimate of drug-likeness (QED) is 0.566. The van der Waals surface area contributed by atoms with Crippen LogP contribution >= 0.6 is 0 Å². The molecule has 1 aromatic heterocycles. The maximum Gasteiger partial charge on any atom is 0.372 e. The van der Waals surface area contributed by atoms with Crippen molar-refractivity contribution in [3.63, 3.8) is 0 Å². The minimum Gasteiger partial charge on any atom is -0.476 e. The molecule has 10 heteroatoms. The van der Waals surface area contributed by atoms with Gasteiger partial charge >= 0.3 is 5.69 Å². The van der Waals surface area contributed by atoms with Gasteiger partial charge in [0.15, 0.2) is 0 Å². The lowest BCUT2D eigenvalue weighted by atomic mass is 10.3. The molecule has 1 unspecified atom stereocenters. The third kappa shape index (κ3) is 3.20. The molecule has 0 saturated carbocycles. The van der Waals surface area contributed by atoms with E-state index in [9.17, 15) is 18.9 Å². The number of ether oxygens (including phenoxy) is 1. The normalized spacial score (nSPS) is 12.3. The first-order chi connectivity index (χ1) is 8.47. The minimum absolute atomic E-state index is 0.299. The predicted molar refractivity (Wildman–Crippen MR) is 55.7 cm³/mol. The molecule has 1 aromatic rings. The number of aliphatic hydroxyl groups is 1. The number of methoxy groups -OCH3 is 1. The van der Waals surface area contributed by atoms with Crippen molar-refractivity contribution in [2.75, 3.05) is 19.0 Å². The Balaban J connectivity index is 2.91. The van der Waals surface area contributed by atoms with Crippen LogP contribution in [0.3, 0.4) is 0 Å². The van der Waals surface area contributed by atoms with Crippen LogP contribution in [-0.2, 0) is 0 Å². The molecule has 18 heavy (non-hydrogen) atoms. The van der Waals surface area contributed by atoms with Crippen LogP contribution in [0.4, 0.5) is 20.3 Å². The molecule has 8 nitrogen and oxygen atoms in total. The van der Waals surface area contributed by atoms with E-state index in [1.165, 1.54) is 7.11 Å². The first kappa shape index (κ1) is 14.0. The Bertz CT molecular complexity index is 432. The van der Waals surface area contributed by atoms with E-state index < -0.39 is 29.7 Å². The summed E-state index contributed by atoms with van der Waals surface area (Å²) in [5, 5.41) is 21.9. The van der Waals surface area contributed by atoms with Crippen LogP contribution in [0.5, 0.6) is 5.88 Å².